The number of rotatable bonds is 4. The maximum absolute atomic E-state index is 14.9. The van der Waals surface area contributed by atoms with Crippen molar-refractivity contribution in [3.8, 4) is 11.5 Å². The van der Waals surface area contributed by atoms with Gasteiger partial charge in [0.25, 0.3) is 0 Å². The maximum Gasteiger partial charge on any atom is 0.421 e. The number of alkyl halides is 3. The van der Waals surface area contributed by atoms with Crippen LogP contribution in [0.4, 0.5) is 17.6 Å². The lowest BCUT2D eigenvalue weighted by atomic mass is 10.1. The second-order valence-corrected chi connectivity index (χ2v) is 7.19. The van der Waals surface area contributed by atoms with E-state index in [0.717, 1.165) is 6.07 Å². The highest BCUT2D eigenvalue weighted by atomic mass is 32.1. The minimum absolute atomic E-state index is 0.0441. The van der Waals surface area contributed by atoms with Gasteiger partial charge in [0.05, 0.1) is 9.40 Å². The molecule has 1 heterocycles. The summed E-state index contributed by atoms with van der Waals surface area (Å²) in [5.74, 6) is -3.69. The Hall–Kier alpha value is -2.94. The maximum atomic E-state index is 14.9. The molecule has 1 aromatic heterocycles. The van der Waals surface area contributed by atoms with Crippen LogP contribution in [0.1, 0.15) is 25.8 Å². The minimum Gasteiger partial charge on any atom is -0.426 e. The van der Waals surface area contributed by atoms with Gasteiger partial charge in [0.15, 0.2) is 11.6 Å². The third-order valence-corrected chi connectivity index (χ3v) is 5.25. The summed E-state index contributed by atoms with van der Waals surface area (Å²) in [6.07, 6.45) is -4.94. The van der Waals surface area contributed by atoms with Gasteiger partial charge in [-0.2, -0.15) is 13.2 Å². The molecule has 0 amide bonds. The van der Waals surface area contributed by atoms with Crippen LogP contribution in [0.25, 0.3) is 20.2 Å². The van der Waals surface area contributed by atoms with E-state index >= 15 is 0 Å². The summed E-state index contributed by atoms with van der Waals surface area (Å²) in [6.45, 7) is 6.23. The van der Waals surface area contributed by atoms with Crippen molar-refractivity contribution >= 4 is 43.4 Å². The fourth-order valence-electron chi connectivity index (χ4n) is 2.65. The first-order valence-electron chi connectivity index (χ1n) is 8.37. The van der Waals surface area contributed by atoms with E-state index in [1.807, 2.05) is 0 Å². The predicted molar refractivity (Wildman–Crippen MR) is 101 cm³/mol. The Morgan fingerprint density at radius 2 is 1.62 bits per heavy atom. The Morgan fingerprint density at radius 1 is 1.03 bits per heavy atom. The van der Waals surface area contributed by atoms with E-state index in [9.17, 15) is 27.2 Å². The molecular weight excluding hydrogens is 412 g/mol. The molecular formula is C20H14F4O4S. The van der Waals surface area contributed by atoms with Gasteiger partial charge in [-0.05, 0) is 31.2 Å². The van der Waals surface area contributed by atoms with Gasteiger partial charge in [-0.1, -0.05) is 13.5 Å². The first-order chi connectivity index (χ1) is 13.5. The third-order valence-electron chi connectivity index (χ3n) is 4.02. The number of fused-ring (bicyclic) bond motifs is 3. The molecule has 0 saturated carbocycles. The zero-order chi connectivity index (χ0) is 21.5. The molecule has 3 rings (SSSR count). The molecule has 0 radical (unpaired) electrons. The van der Waals surface area contributed by atoms with Crippen LogP contribution in [0, 0.1) is 5.82 Å². The van der Waals surface area contributed by atoms with Crippen molar-refractivity contribution in [1.82, 2.24) is 0 Å². The second kappa shape index (κ2) is 7.47. The van der Waals surface area contributed by atoms with Crippen LogP contribution in [-0.4, -0.2) is 11.9 Å². The number of ether oxygens (including phenoxy) is 2. The number of thiophene rings is 1. The Balaban J connectivity index is 2.26. The molecule has 0 spiro atoms. The Bertz CT molecular complexity index is 1160. The molecule has 0 bridgehead atoms. The first kappa shape index (κ1) is 20.8. The van der Waals surface area contributed by atoms with Crippen molar-refractivity contribution < 1.29 is 36.6 Å². The molecule has 152 valence electrons. The van der Waals surface area contributed by atoms with Gasteiger partial charge >= 0.3 is 18.1 Å². The molecule has 0 aliphatic heterocycles. The third kappa shape index (κ3) is 3.82. The molecule has 3 aromatic rings. The van der Waals surface area contributed by atoms with Gasteiger partial charge in [0.1, 0.15) is 11.3 Å². The van der Waals surface area contributed by atoms with Crippen molar-refractivity contribution in [2.75, 3.05) is 0 Å². The van der Waals surface area contributed by atoms with Gasteiger partial charge in [-0.15, -0.1) is 11.3 Å². The van der Waals surface area contributed by atoms with Crippen molar-refractivity contribution in [3.63, 3.8) is 0 Å². The van der Waals surface area contributed by atoms with E-state index in [2.05, 4.69) is 6.58 Å². The summed E-state index contributed by atoms with van der Waals surface area (Å²) in [4.78, 5) is 23.2. The highest BCUT2D eigenvalue weighted by molar-refractivity contribution is 7.26. The van der Waals surface area contributed by atoms with Gasteiger partial charge in [0.2, 0.25) is 0 Å². The molecule has 0 aliphatic carbocycles. The number of hydrogen-bond donors (Lipinski definition) is 0. The first-order valence-corrected chi connectivity index (χ1v) is 9.19. The smallest absolute Gasteiger partial charge is 0.421 e. The van der Waals surface area contributed by atoms with Crippen LogP contribution in [0.15, 0.2) is 36.4 Å². The lowest BCUT2D eigenvalue weighted by molar-refractivity contribution is -0.141. The number of carbonyl (C=O) groups excluding carboxylic acids is 2. The molecule has 2 aromatic carbocycles. The molecule has 29 heavy (non-hydrogen) atoms. The molecule has 4 nitrogen and oxygen atoms in total. The van der Waals surface area contributed by atoms with E-state index in [-0.39, 0.29) is 32.2 Å². The quantitative estimate of drug-likeness (QED) is 0.222. The zero-order valence-electron chi connectivity index (χ0n) is 15.3. The molecule has 9 heteroatoms. The number of hydrogen-bond acceptors (Lipinski definition) is 5. The average molecular weight is 426 g/mol. The summed E-state index contributed by atoms with van der Waals surface area (Å²) < 4.78 is 65.4. The van der Waals surface area contributed by atoms with Crippen LogP contribution in [0.2, 0.25) is 0 Å². The normalized spacial score (nSPS) is 11.7. The van der Waals surface area contributed by atoms with E-state index in [4.69, 9.17) is 9.47 Å². The lowest BCUT2D eigenvalue weighted by Crippen LogP contribution is -2.12. The number of carbonyl (C=O) groups is 2. The number of esters is 2. The monoisotopic (exact) mass is 426 g/mol. The highest BCUT2D eigenvalue weighted by Gasteiger charge is 2.38. The van der Waals surface area contributed by atoms with Crippen molar-refractivity contribution in [2.45, 2.75) is 26.4 Å². The zero-order valence-corrected chi connectivity index (χ0v) is 16.1. The Labute approximate surface area is 166 Å². The van der Waals surface area contributed by atoms with Gasteiger partial charge in [0, 0.05) is 22.8 Å². The lowest BCUT2D eigenvalue weighted by Gasteiger charge is -2.13. The van der Waals surface area contributed by atoms with Crippen molar-refractivity contribution in [2.24, 2.45) is 0 Å². The molecule has 0 N–H and O–H groups in total. The van der Waals surface area contributed by atoms with E-state index in [0.29, 0.717) is 11.3 Å². The van der Waals surface area contributed by atoms with E-state index in [1.54, 1.807) is 0 Å². The van der Waals surface area contributed by atoms with Gasteiger partial charge in [-0.25, -0.2) is 9.18 Å². The fraction of sp³-hybridized carbons (Fsp3) is 0.200. The summed E-state index contributed by atoms with van der Waals surface area (Å²) in [7, 11) is 0. The largest absolute Gasteiger partial charge is 0.426 e. The predicted octanol–water partition coefficient (Wildman–Crippen LogP) is 6.01. The number of halogens is 4. The summed E-state index contributed by atoms with van der Waals surface area (Å²) in [5, 5.41) is 0.363. The van der Waals surface area contributed by atoms with E-state index in [1.165, 1.54) is 32.0 Å². The van der Waals surface area contributed by atoms with E-state index < -0.39 is 41.0 Å². The van der Waals surface area contributed by atoms with Crippen LogP contribution in [-0.2, 0) is 15.8 Å². The topological polar surface area (TPSA) is 52.6 Å². The van der Waals surface area contributed by atoms with Crippen LogP contribution in [0.3, 0.4) is 0 Å². The van der Waals surface area contributed by atoms with Crippen LogP contribution < -0.4 is 9.47 Å². The summed E-state index contributed by atoms with van der Waals surface area (Å²) in [5.41, 5.74) is -1.11. The summed E-state index contributed by atoms with van der Waals surface area (Å²) in [6, 6.07) is 4.91. The highest BCUT2D eigenvalue weighted by Crippen LogP contribution is 2.48. The molecule has 0 aliphatic rings. The molecule has 0 unspecified atom stereocenters. The second-order valence-electron chi connectivity index (χ2n) is 6.17. The Morgan fingerprint density at radius 3 is 2.17 bits per heavy atom. The molecule has 0 fully saturated rings. The number of benzene rings is 2. The van der Waals surface area contributed by atoms with Crippen molar-refractivity contribution in [1.29, 1.82) is 0 Å². The molecule has 0 atom stereocenters. The van der Waals surface area contributed by atoms with Gasteiger partial charge in [-0.3, -0.25) is 4.79 Å². The fourth-order valence-corrected chi connectivity index (χ4v) is 3.94. The minimum atomic E-state index is -4.84. The van der Waals surface area contributed by atoms with Crippen LogP contribution >= 0.6 is 11.3 Å². The average Bonchev–Trinajstić information content (AvgIpc) is 3.01. The molecule has 0 saturated heterocycles. The van der Waals surface area contributed by atoms with Crippen LogP contribution in [0.5, 0.6) is 11.5 Å². The summed E-state index contributed by atoms with van der Waals surface area (Å²) >= 11 is 0.540. The van der Waals surface area contributed by atoms with Crippen molar-refractivity contribution in [3.05, 3.63) is 47.8 Å². The SMILES string of the molecule is C=C(C)C(=O)Oc1ccc2c(sc3c(C(F)(F)F)c(OC(=O)CC)ccc32)c1F. The Kier molecular flexibility index (Phi) is 5.36. The standard InChI is InChI=1S/C20H14F4O4S/c1-4-14(25)27-12-7-5-10-11-6-8-13(28-19(26)9(2)3)16(21)18(11)29-17(10)15(12)20(22,23)24/h5-8H,2,4H2,1,3H3. The van der Waals surface area contributed by atoms with Gasteiger partial charge < -0.3 is 9.47 Å².